The van der Waals surface area contributed by atoms with Gasteiger partial charge in [-0.1, -0.05) is 28.1 Å². The molecule has 1 N–H and O–H groups in total. The molecule has 3 aromatic rings. The Bertz CT molecular complexity index is 678. The van der Waals surface area contributed by atoms with Gasteiger partial charge in [-0.05, 0) is 35.9 Å². The lowest BCUT2D eigenvalue weighted by molar-refractivity contribution is 1.15. The molecular formula is C14H11BrN2S. The SMILES string of the molecule is Brc1cccc(CNc2ccc3ncsc3c2)c1. The Balaban J connectivity index is 1.76. The monoisotopic (exact) mass is 318 g/mol. The third-order valence-electron chi connectivity index (χ3n) is 2.72. The second-order valence-corrected chi connectivity index (χ2v) is 5.82. The molecule has 1 heterocycles. The van der Waals surface area contributed by atoms with E-state index in [1.165, 1.54) is 10.3 Å². The summed E-state index contributed by atoms with van der Waals surface area (Å²) in [6.45, 7) is 0.823. The number of hydrogen-bond acceptors (Lipinski definition) is 3. The Morgan fingerprint density at radius 3 is 3.00 bits per heavy atom. The molecule has 18 heavy (non-hydrogen) atoms. The van der Waals surface area contributed by atoms with Gasteiger partial charge in [0.05, 0.1) is 15.7 Å². The molecule has 0 spiro atoms. The molecule has 2 nitrogen and oxygen atoms in total. The lowest BCUT2D eigenvalue weighted by atomic mass is 10.2. The molecule has 0 amide bonds. The first-order chi connectivity index (χ1) is 8.81. The molecule has 0 saturated heterocycles. The van der Waals surface area contributed by atoms with Gasteiger partial charge in [0.2, 0.25) is 0 Å². The Labute approximate surface area is 118 Å². The molecule has 0 atom stereocenters. The van der Waals surface area contributed by atoms with E-state index >= 15 is 0 Å². The smallest absolute Gasteiger partial charge is 0.0813 e. The van der Waals surface area contributed by atoms with Gasteiger partial charge in [-0.15, -0.1) is 11.3 Å². The Kier molecular flexibility index (Phi) is 3.30. The summed E-state index contributed by atoms with van der Waals surface area (Å²) >= 11 is 5.15. The average molecular weight is 319 g/mol. The molecule has 4 heteroatoms. The minimum atomic E-state index is 0.823. The summed E-state index contributed by atoms with van der Waals surface area (Å²) in [4.78, 5) is 4.27. The fourth-order valence-corrected chi connectivity index (χ4v) is 2.98. The van der Waals surface area contributed by atoms with Gasteiger partial charge in [-0.25, -0.2) is 4.98 Å². The second kappa shape index (κ2) is 5.08. The third-order valence-corrected chi connectivity index (χ3v) is 4.00. The number of nitrogens with one attached hydrogen (secondary N) is 1. The van der Waals surface area contributed by atoms with Crippen LogP contribution in [0.2, 0.25) is 0 Å². The van der Waals surface area contributed by atoms with E-state index in [4.69, 9.17) is 0 Å². The number of hydrogen-bond donors (Lipinski definition) is 1. The normalized spacial score (nSPS) is 10.7. The van der Waals surface area contributed by atoms with Gasteiger partial charge in [0.1, 0.15) is 0 Å². The van der Waals surface area contributed by atoms with Crippen LogP contribution in [0.15, 0.2) is 52.4 Å². The van der Waals surface area contributed by atoms with E-state index in [0.29, 0.717) is 0 Å². The van der Waals surface area contributed by atoms with Gasteiger partial charge >= 0.3 is 0 Å². The van der Waals surface area contributed by atoms with Gasteiger partial charge in [-0.2, -0.15) is 0 Å². The highest BCUT2D eigenvalue weighted by molar-refractivity contribution is 9.10. The zero-order valence-corrected chi connectivity index (χ0v) is 12.0. The van der Waals surface area contributed by atoms with Crippen LogP contribution in [0, 0.1) is 0 Å². The summed E-state index contributed by atoms with van der Waals surface area (Å²) in [6.07, 6.45) is 0. The quantitative estimate of drug-likeness (QED) is 0.759. The van der Waals surface area contributed by atoms with Crippen LogP contribution in [0.1, 0.15) is 5.56 Å². The number of rotatable bonds is 3. The van der Waals surface area contributed by atoms with Gasteiger partial charge in [0, 0.05) is 16.7 Å². The van der Waals surface area contributed by atoms with E-state index in [9.17, 15) is 0 Å². The summed E-state index contributed by atoms with van der Waals surface area (Å²) in [5.74, 6) is 0. The standard InChI is InChI=1S/C14H11BrN2S/c15-11-3-1-2-10(6-11)8-16-12-4-5-13-14(7-12)18-9-17-13/h1-7,9,16H,8H2. The average Bonchev–Trinajstić information content (AvgIpc) is 2.84. The molecule has 0 radical (unpaired) electrons. The first kappa shape index (κ1) is 11.7. The largest absolute Gasteiger partial charge is 0.381 e. The van der Waals surface area contributed by atoms with Crippen molar-refractivity contribution in [3.05, 3.63) is 58.0 Å². The predicted octanol–water partition coefficient (Wildman–Crippen LogP) is 4.67. The molecule has 1 aromatic heterocycles. The highest BCUT2D eigenvalue weighted by Gasteiger charge is 1.99. The molecule has 0 aliphatic heterocycles. The Morgan fingerprint density at radius 2 is 2.11 bits per heavy atom. The van der Waals surface area contributed by atoms with Crippen LogP contribution in [0.3, 0.4) is 0 Å². The van der Waals surface area contributed by atoms with Crippen molar-refractivity contribution in [2.75, 3.05) is 5.32 Å². The maximum atomic E-state index is 4.27. The van der Waals surface area contributed by atoms with Gasteiger partial charge in [0.15, 0.2) is 0 Å². The molecule has 0 bridgehead atoms. The molecule has 3 rings (SSSR count). The first-order valence-corrected chi connectivity index (χ1v) is 7.30. The number of aromatic nitrogens is 1. The van der Waals surface area contributed by atoms with Crippen LogP contribution in [0.5, 0.6) is 0 Å². The second-order valence-electron chi connectivity index (χ2n) is 4.02. The van der Waals surface area contributed by atoms with Crippen molar-refractivity contribution in [2.45, 2.75) is 6.54 Å². The summed E-state index contributed by atoms with van der Waals surface area (Å²) in [5.41, 5.74) is 5.33. The van der Waals surface area contributed by atoms with Gasteiger partial charge < -0.3 is 5.32 Å². The molecule has 90 valence electrons. The fraction of sp³-hybridized carbons (Fsp3) is 0.0714. The van der Waals surface area contributed by atoms with E-state index in [1.807, 2.05) is 17.6 Å². The number of anilines is 1. The number of fused-ring (bicyclic) bond motifs is 1. The lowest BCUT2D eigenvalue weighted by Gasteiger charge is -2.06. The van der Waals surface area contributed by atoms with Crippen LogP contribution in [0.4, 0.5) is 5.69 Å². The maximum absolute atomic E-state index is 4.27. The molecule has 0 aliphatic rings. The molecule has 2 aromatic carbocycles. The van der Waals surface area contributed by atoms with Crippen molar-refractivity contribution in [3.63, 3.8) is 0 Å². The lowest BCUT2D eigenvalue weighted by Crippen LogP contribution is -1.98. The van der Waals surface area contributed by atoms with Gasteiger partial charge in [0.25, 0.3) is 0 Å². The van der Waals surface area contributed by atoms with Crippen LogP contribution in [0.25, 0.3) is 10.2 Å². The molecule has 0 fully saturated rings. The Hall–Kier alpha value is -1.39. The fourth-order valence-electron chi connectivity index (χ4n) is 1.82. The molecule has 0 aliphatic carbocycles. The summed E-state index contributed by atoms with van der Waals surface area (Å²) in [5, 5.41) is 3.43. The summed E-state index contributed by atoms with van der Waals surface area (Å²) < 4.78 is 2.33. The van der Waals surface area contributed by atoms with E-state index in [0.717, 1.165) is 22.2 Å². The molecule has 0 saturated carbocycles. The van der Waals surface area contributed by atoms with Gasteiger partial charge in [-0.3, -0.25) is 0 Å². The van der Waals surface area contributed by atoms with Crippen LogP contribution in [-0.4, -0.2) is 4.98 Å². The third kappa shape index (κ3) is 2.54. The van der Waals surface area contributed by atoms with E-state index in [2.05, 4.69) is 56.6 Å². The summed E-state index contributed by atoms with van der Waals surface area (Å²) in [6, 6.07) is 14.6. The maximum Gasteiger partial charge on any atom is 0.0813 e. The van der Waals surface area contributed by atoms with Crippen molar-refractivity contribution >= 4 is 43.2 Å². The highest BCUT2D eigenvalue weighted by Crippen LogP contribution is 2.22. The molecular weight excluding hydrogens is 308 g/mol. The zero-order valence-electron chi connectivity index (χ0n) is 9.56. The van der Waals surface area contributed by atoms with Crippen molar-refractivity contribution < 1.29 is 0 Å². The van der Waals surface area contributed by atoms with Crippen molar-refractivity contribution in [3.8, 4) is 0 Å². The van der Waals surface area contributed by atoms with E-state index in [1.54, 1.807) is 11.3 Å². The van der Waals surface area contributed by atoms with Crippen LogP contribution < -0.4 is 5.32 Å². The van der Waals surface area contributed by atoms with Crippen molar-refractivity contribution in [1.82, 2.24) is 4.98 Å². The highest BCUT2D eigenvalue weighted by atomic mass is 79.9. The topological polar surface area (TPSA) is 24.9 Å². The first-order valence-electron chi connectivity index (χ1n) is 5.63. The number of benzene rings is 2. The predicted molar refractivity (Wildman–Crippen MR) is 81.1 cm³/mol. The minimum absolute atomic E-state index is 0.823. The molecule has 0 unspecified atom stereocenters. The number of thiazole rings is 1. The van der Waals surface area contributed by atoms with E-state index in [-0.39, 0.29) is 0 Å². The van der Waals surface area contributed by atoms with Crippen LogP contribution in [-0.2, 0) is 6.54 Å². The number of halogens is 1. The van der Waals surface area contributed by atoms with Crippen molar-refractivity contribution in [1.29, 1.82) is 0 Å². The summed E-state index contributed by atoms with van der Waals surface area (Å²) in [7, 11) is 0. The van der Waals surface area contributed by atoms with Crippen LogP contribution >= 0.6 is 27.3 Å². The Morgan fingerprint density at radius 1 is 1.17 bits per heavy atom. The van der Waals surface area contributed by atoms with E-state index < -0.39 is 0 Å². The number of nitrogens with zero attached hydrogens (tertiary/aromatic N) is 1. The minimum Gasteiger partial charge on any atom is -0.381 e. The van der Waals surface area contributed by atoms with Crippen molar-refractivity contribution in [2.24, 2.45) is 0 Å². The zero-order chi connectivity index (χ0) is 12.4.